The van der Waals surface area contributed by atoms with Crippen molar-refractivity contribution in [2.24, 2.45) is 0 Å². The maximum Gasteiger partial charge on any atom is 0.254 e. The Hall–Kier alpha value is -0.420. The minimum Gasteiger partial charge on any atom is -0.352 e. The molecule has 88 valence electrons. The molecule has 0 aliphatic heterocycles. The standard InChI is InChI=1S/C11H12Br2FNO/c1-7(12)4-5-15-11(16)9-6-8(13)2-3-10(9)14/h2-3,6-7H,4-5H2,1H3,(H,15,16). The zero-order valence-electron chi connectivity index (χ0n) is 8.77. The quantitative estimate of drug-likeness (QED) is 0.825. The number of rotatable bonds is 4. The molecule has 5 heteroatoms. The summed E-state index contributed by atoms with van der Waals surface area (Å²) < 4.78 is 14.0. The third-order valence-corrected chi connectivity index (χ3v) is 2.95. The molecule has 1 amide bonds. The van der Waals surface area contributed by atoms with E-state index in [0.717, 1.165) is 6.42 Å². The smallest absolute Gasteiger partial charge is 0.254 e. The van der Waals surface area contributed by atoms with Crippen molar-refractivity contribution in [2.45, 2.75) is 18.2 Å². The number of halogens is 3. The Kier molecular flexibility index (Phi) is 5.41. The lowest BCUT2D eigenvalue weighted by Gasteiger charge is -2.07. The number of benzene rings is 1. The summed E-state index contributed by atoms with van der Waals surface area (Å²) in [5, 5.41) is 2.67. The van der Waals surface area contributed by atoms with Gasteiger partial charge in [0.15, 0.2) is 0 Å². The van der Waals surface area contributed by atoms with Crippen molar-refractivity contribution in [2.75, 3.05) is 6.54 Å². The predicted octanol–water partition coefficient (Wildman–Crippen LogP) is 3.49. The van der Waals surface area contributed by atoms with E-state index in [4.69, 9.17) is 0 Å². The summed E-state index contributed by atoms with van der Waals surface area (Å²) in [7, 11) is 0. The molecule has 0 fully saturated rings. The van der Waals surface area contributed by atoms with Crippen molar-refractivity contribution in [1.29, 1.82) is 0 Å². The van der Waals surface area contributed by atoms with Crippen LogP contribution in [0.3, 0.4) is 0 Å². The fraction of sp³-hybridized carbons (Fsp3) is 0.364. The molecule has 0 aliphatic carbocycles. The molecule has 0 aliphatic rings. The average molecular weight is 353 g/mol. The lowest BCUT2D eigenvalue weighted by Crippen LogP contribution is -2.26. The van der Waals surface area contributed by atoms with Crippen LogP contribution in [0.15, 0.2) is 22.7 Å². The van der Waals surface area contributed by atoms with Gasteiger partial charge >= 0.3 is 0 Å². The van der Waals surface area contributed by atoms with E-state index in [0.29, 0.717) is 15.8 Å². The van der Waals surface area contributed by atoms with Crippen molar-refractivity contribution < 1.29 is 9.18 Å². The Bertz CT molecular complexity index is 382. The Morgan fingerprint density at radius 1 is 1.56 bits per heavy atom. The first kappa shape index (κ1) is 13.6. The van der Waals surface area contributed by atoms with Gasteiger partial charge in [-0.15, -0.1) is 0 Å². The number of hydrogen-bond acceptors (Lipinski definition) is 1. The first-order valence-electron chi connectivity index (χ1n) is 4.88. The van der Waals surface area contributed by atoms with Gasteiger partial charge in [-0.3, -0.25) is 4.79 Å². The first-order valence-corrected chi connectivity index (χ1v) is 6.59. The van der Waals surface area contributed by atoms with Crippen LogP contribution in [-0.4, -0.2) is 17.3 Å². The molecule has 16 heavy (non-hydrogen) atoms. The summed E-state index contributed by atoms with van der Waals surface area (Å²) >= 11 is 6.58. The first-order chi connectivity index (χ1) is 7.50. The Balaban J connectivity index is 2.62. The van der Waals surface area contributed by atoms with E-state index in [9.17, 15) is 9.18 Å². The molecule has 1 aromatic rings. The average Bonchev–Trinajstić information content (AvgIpc) is 2.21. The zero-order chi connectivity index (χ0) is 12.1. The van der Waals surface area contributed by atoms with Crippen LogP contribution in [0.2, 0.25) is 0 Å². The normalized spacial score (nSPS) is 12.2. The molecule has 1 unspecified atom stereocenters. The third kappa shape index (κ3) is 4.22. The van der Waals surface area contributed by atoms with Gasteiger partial charge in [0, 0.05) is 15.8 Å². The molecule has 0 saturated carbocycles. The molecule has 0 saturated heterocycles. The Labute approximate surface area is 111 Å². The molecule has 0 bridgehead atoms. The van der Waals surface area contributed by atoms with Crippen molar-refractivity contribution in [3.63, 3.8) is 0 Å². The summed E-state index contributed by atoms with van der Waals surface area (Å²) in [6.45, 7) is 2.52. The molecular weight excluding hydrogens is 341 g/mol. The molecule has 0 radical (unpaired) electrons. The van der Waals surface area contributed by atoms with E-state index < -0.39 is 5.82 Å². The number of carbonyl (C=O) groups excluding carboxylic acids is 1. The van der Waals surface area contributed by atoms with E-state index in [1.165, 1.54) is 12.1 Å². The van der Waals surface area contributed by atoms with Gasteiger partial charge < -0.3 is 5.32 Å². The van der Waals surface area contributed by atoms with Crippen molar-refractivity contribution in [3.05, 3.63) is 34.1 Å². The van der Waals surface area contributed by atoms with Crippen molar-refractivity contribution in [3.8, 4) is 0 Å². The predicted molar refractivity (Wildman–Crippen MR) is 69.4 cm³/mol. The molecule has 0 aromatic heterocycles. The van der Waals surface area contributed by atoms with E-state index in [-0.39, 0.29) is 11.5 Å². The van der Waals surface area contributed by atoms with Crippen LogP contribution in [0.25, 0.3) is 0 Å². The largest absolute Gasteiger partial charge is 0.352 e. The number of nitrogens with one attached hydrogen (secondary N) is 1. The summed E-state index contributed by atoms with van der Waals surface area (Å²) in [5.74, 6) is -0.889. The molecule has 1 atom stereocenters. The maximum atomic E-state index is 13.3. The van der Waals surface area contributed by atoms with Gasteiger partial charge in [0.05, 0.1) is 5.56 Å². The van der Waals surface area contributed by atoms with Crippen LogP contribution in [0, 0.1) is 5.82 Å². The van der Waals surface area contributed by atoms with Gasteiger partial charge in [-0.2, -0.15) is 0 Å². The van der Waals surface area contributed by atoms with Gasteiger partial charge in [-0.25, -0.2) is 4.39 Å². The third-order valence-electron chi connectivity index (χ3n) is 2.00. The monoisotopic (exact) mass is 351 g/mol. The summed E-state index contributed by atoms with van der Waals surface area (Å²) in [5.41, 5.74) is 0.0663. The van der Waals surface area contributed by atoms with E-state index in [1.54, 1.807) is 6.07 Å². The summed E-state index contributed by atoms with van der Waals surface area (Å²) in [6.07, 6.45) is 0.807. The second-order valence-corrected chi connectivity index (χ2v) is 5.93. The second kappa shape index (κ2) is 6.35. The molecule has 1 rings (SSSR count). The highest BCUT2D eigenvalue weighted by Gasteiger charge is 2.11. The summed E-state index contributed by atoms with van der Waals surface area (Å²) in [6, 6.07) is 4.31. The number of hydrogen-bond donors (Lipinski definition) is 1. The lowest BCUT2D eigenvalue weighted by molar-refractivity contribution is 0.0949. The Morgan fingerprint density at radius 2 is 2.25 bits per heavy atom. The van der Waals surface area contributed by atoms with Gasteiger partial charge in [0.2, 0.25) is 0 Å². The molecular formula is C11H12Br2FNO. The van der Waals surface area contributed by atoms with Crippen LogP contribution in [0.5, 0.6) is 0 Å². The molecule has 1 N–H and O–H groups in total. The summed E-state index contributed by atoms with van der Waals surface area (Å²) in [4.78, 5) is 11.9. The van der Waals surface area contributed by atoms with Crippen LogP contribution in [0.1, 0.15) is 23.7 Å². The molecule has 1 aromatic carbocycles. The maximum absolute atomic E-state index is 13.3. The topological polar surface area (TPSA) is 29.1 Å². The highest BCUT2D eigenvalue weighted by Crippen LogP contribution is 2.15. The molecule has 0 spiro atoms. The fourth-order valence-corrected chi connectivity index (χ4v) is 1.74. The van der Waals surface area contributed by atoms with E-state index in [2.05, 4.69) is 37.2 Å². The van der Waals surface area contributed by atoms with E-state index >= 15 is 0 Å². The zero-order valence-corrected chi connectivity index (χ0v) is 11.9. The molecule has 2 nitrogen and oxygen atoms in total. The number of amides is 1. The highest BCUT2D eigenvalue weighted by atomic mass is 79.9. The van der Waals surface area contributed by atoms with Crippen LogP contribution < -0.4 is 5.32 Å². The molecule has 0 heterocycles. The van der Waals surface area contributed by atoms with Crippen LogP contribution >= 0.6 is 31.9 Å². The van der Waals surface area contributed by atoms with Gasteiger partial charge in [0.25, 0.3) is 5.91 Å². The van der Waals surface area contributed by atoms with Crippen LogP contribution in [-0.2, 0) is 0 Å². The van der Waals surface area contributed by atoms with Gasteiger partial charge in [0.1, 0.15) is 5.82 Å². The minimum atomic E-state index is -0.507. The van der Waals surface area contributed by atoms with Gasteiger partial charge in [-0.05, 0) is 24.6 Å². The lowest BCUT2D eigenvalue weighted by atomic mass is 10.2. The van der Waals surface area contributed by atoms with Gasteiger partial charge in [-0.1, -0.05) is 38.8 Å². The second-order valence-electron chi connectivity index (χ2n) is 3.45. The number of carbonyl (C=O) groups is 1. The number of alkyl halides is 1. The highest BCUT2D eigenvalue weighted by molar-refractivity contribution is 9.10. The van der Waals surface area contributed by atoms with Crippen molar-refractivity contribution >= 4 is 37.8 Å². The SMILES string of the molecule is CC(Br)CCNC(=O)c1cc(Br)ccc1F. The minimum absolute atomic E-state index is 0.0663. The fourth-order valence-electron chi connectivity index (χ4n) is 1.15. The van der Waals surface area contributed by atoms with Crippen LogP contribution in [0.4, 0.5) is 4.39 Å². The van der Waals surface area contributed by atoms with Crippen molar-refractivity contribution in [1.82, 2.24) is 5.32 Å². The van der Waals surface area contributed by atoms with E-state index in [1.807, 2.05) is 6.92 Å². The Morgan fingerprint density at radius 3 is 2.88 bits per heavy atom.